The average Bonchev–Trinajstić information content (AvgIpc) is 2.49. The van der Waals surface area contributed by atoms with Gasteiger partial charge in [0.25, 0.3) is 0 Å². The van der Waals surface area contributed by atoms with E-state index in [1.165, 1.54) is 12.0 Å². The van der Waals surface area contributed by atoms with Crippen LogP contribution in [0.25, 0.3) is 0 Å². The molecule has 0 amide bonds. The first-order chi connectivity index (χ1) is 9.86. The first kappa shape index (κ1) is 17.2. The van der Waals surface area contributed by atoms with Gasteiger partial charge in [-0.1, -0.05) is 37.3 Å². The molecule has 0 atom stereocenters. The molecule has 3 heteroatoms. The molecule has 0 aliphatic carbocycles. The summed E-state index contributed by atoms with van der Waals surface area (Å²) in [5, 5.41) is 3.52. The third-order valence-corrected chi connectivity index (χ3v) is 3.40. The van der Waals surface area contributed by atoms with Gasteiger partial charge < -0.3 is 10.1 Å². The number of likely N-dealkylation sites (N-methyl/N-ethyl adjacent to an activating group) is 1. The molecule has 0 saturated heterocycles. The zero-order valence-corrected chi connectivity index (χ0v) is 13.1. The van der Waals surface area contributed by atoms with E-state index in [0.29, 0.717) is 0 Å². The summed E-state index contributed by atoms with van der Waals surface area (Å²) in [6.45, 7) is 11.4. The van der Waals surface area contributed by atoms with Crippen molar-refractivity contribution < 1.29 is 4.74 Å². The van der Waals surface area contributed by atoms with Crippen LogP contribution in [0, 0.1) is 0 Å². The normalized spacial score (nSPS) is 11.2. The fourth-order valence-corrected chi connectivity index (χ4v) is 2.15. The van der Waals surface area contributed by atoms with Crippen LogP contribution in [0.2, 0.25) is 0 Å². The van der Waals surface area contributed by atoms with E-state index in [1.807, 2.05) is 6.92 Å². The lowest BCUT2D eigenvalue weighted by atomic mass is 10.2. The lowest BCUT2D eigenvalue weighted by molar-refractivity contribution is 0.143. The Morgan fingerprint density at radius 3 is 2.55 bits per heavy atom. The van der Waals surface area contributed by atoms with E-state index in [4.69, 9.17) is 4.74 Å². The maximum absolute atomic E-state index is 5.33. The van der Waals surface area contributed by atoms with Crippen LogP contribution < -0.4 is 5.32 Å². The van der Waals surface area contributed by atoms with Gasteiger partial charge in [0, 0.05) is 32.8 Å². The summed E-state index contributed by atoms with van der Waals surface area (Å²) in [5.41, 5.74) is 1.39. The molecule has 1 N–H and O–H groups in total. The predicted molar refractivity (Wildman–Crippen MR) is 86.0 cm³/mol. The molecule has 0 fully saturated rings. The minimum atomic E-state index is 0.832. The second-order valence-corrected chi connectivity index (χ2v) is 5.01. The van der Waals surface area contributed by atoms with Gasteiger partial charge in [-0.25, -0.2) is 0 Å². The molecule has 0 aliphatic rings. The number of nitrogens with one attached hydrogen (secondary N) is 1. The van der Waals surface area contributed by atoms with Crippen LogP contribution in [0.15, 0.2) is 30.3 Å². The van der Waals surface area contributed by atoms with Gasteiger partial charge in [-0.15, -0.1) is 0 Å². The molecule has 0 radical (unpaired) electrons. The van der Waals surface area contributed by atoms with Gasteiger partial charge in [-0.05, 0) is 38.4 Å². The van der Waals surface area contributed by atoms with Crippen LogP contribution >= 0.6 is 0 Å². The highest BCUT2D eigenvalue weighted by Crippen LogP contribution is 2.03. The molecule has 1 rings (SSSR count). The second-order valence-electron chi connectivity index (χ2n) is 5.01. The molecule has 20 heavy (non-hydrogen) atoms. The molecule has 1 aromatic carbocycles. The summed E-state index contributed by atoms with van der Waals surface area (Å²) >= 11 is 0. The third kappa shape index (κ3) is 8.31. The summed E-state index contributed by atoms with van der Waals surface area (Å²) in [5.74, 6) is 0. The number of hydrogen-bond acceptors (Lipinski definition) is 3. The molecular weight excluding hydrogens is 248 g/mol. The van der Waals surface area contributed by atoms with E-state index >= 15 is 0 Å². The molecule has 1 aromatic rings. The van der Waals surface area contributed by atoms with E-state index in [1.54, 1.807) is 0 Å². The Bertz CT molecular complexity index is 316. The fourth-order valence-electron chi connectivity index (χ4n) is 2.15. The van der Waals surface area contributed by atoms with Crippen molar-refractivity contribution in [2.75, 3.05) is 39.4 Å². The van der Waals surface area contributed by atoms with Crippen molar-refractivity contribution in [2.45, 2.75) is 33.2 Å². The Kier molecular flexibility index (Phi) is 10.2. The number of unbranched alkanes of at least 4 members (excludes halogenated alkanes) is 1. The molecule has 0 aliphatic heterocycles. The zero-order valence-electron chi connectivity index (χ0n) is 13.1. The van der Waals surface area contributed by atoms with Crippen LogP contribution in [0.5, 0.6) is 0 Å². The van der Waals surface area contributed by atoms with Gasteiger partial charge in [-0.2, -0.15) is 0 Å². The first-order valence-corrected chi connectivity index (χ1v) is 7.91. The minimum Gasteiger partial charge on any atom is -0.382 e. The molecule has 0 spiro atoms. The maximum atomic E-state index is 5.33. The van der Waals surface area contributed by atoms with Crippen LogP contribution in [0.4, 0.5) is 0 Å². The van der Waals surface area contributed by atoms with Crippen molar-refractivity contribution in [3.8, 4) is 0 Å². The Hall–Kier alpha value is -0.900. The highest BCUT2D eigenvalue weighted by Gasteiger charge is 2.02. The molecule has 0 saturated carbocycles. The van der Waals surface area contributed by atoms with Gasteiger partial charge in [-0.3, -0.25) is 4.90 Å². The minimum absolute atomic E-state index is 0.832. The highest BCUT2D eigenvalue weighted by molar-refractivity contribution is 5.14. The van der Waals surface area contributed by atoms with Crippen LogP contribution in [-0.4, -0.2) is 44.3 Å². The average molecular weight is 278 g/mol. The Morgan fingerprint density at radius 2 is 1.85 bits per heavy atom. The molecule has 0 heterocycles. The monoisotopic (exact) mass is 278 g/mol. The van der Waals surface area contributed by atoms with E-state index in [2.05, 4.69) is 47.5 Å². The number of nitrogens with zero attached hydrogens (tertiary/aromatic N) is 1. The van der Waals surface area contributed by atoms with Crippen LogP contribution in [-0.2, 0) is 11.3 Å². The quantitative estimate of drug-likeness (QED) is 0.595. The van der Waals surface area contributed by atoms with Crippen molar-refractivity contribution in [1.29, 1.82) is 0 Å². The van der Waals surface area contributed by atoms with Crippen molar-refractivity contribution in [3.63, 3.8) is 0 Å². The topological polar surface area (TPSA) is 24.5 Å². The van der Waals surface area contributed by atoms with Crippen molar-refractivity contribution >= 4 is 0 Å². The van der Waals surface area contributed by atoms with Crippen LogP contribution in [0.1, 0.15) is 32.3 Å². The number of hydrogen-bond donors (Lipinski definition) is 1. The smallest absolute Gasteiger partial charge is 0.0466 e. The van der Waals surface area contributed by atoms with E-state index < -0.39 is 0 Å². The largest absolute Gasteiger partial charge is 0.382 e. The summed E-state index contributed by atoms with van der Waals surface area (Å²) in [6, 6.07) is 10.7. The number of benzene rings is 1. The molecule has 0 bridgehead atoms. The van der Waals surface area contributed by atoms with E-state index in [0.717, 1.165) is 52.4 Å². The summed E-state index contributed by atoms with van der Waals surface area (Å²) < 4.78 is 5.33. The number of ether oxygens (including phenoxy) is 1. The standard InChI is InChI=1S/C17H30N2O/c1-3-19(16-17-10-6-5-7-11-17)14-13-18-12-8-9-15-20-4-2/h5-7,10-11,18H,3-4,8-9,12-16H2,1-2H3. The molecule has 0 aromatic heterocycles. The van der Waals surface area contributed by atoms with Gasteiger partial charge in [0.05, 0.1) is 0 Å². The molecular formula is C17H30N2O. The predicted octanol–water partition coefficient (Wildman–Crippen LogP) is 2.91. The van der Waals surface area contributed by atoms with Gasteiger partial charge in [0.1, 0.15) is 0 Å². The maximum Gasteiger partial charge on any atom is 0.0466 e. The lowest BCUT2D eigenvalue weighted by Gasteiger charge is -2.20. The van der Waals surface area contributed by atoms with Gasteiger partial charge in [0.2, 0.25) is 0 Å². The molecule has 3 nitrogen and oxygen atoms in total. The van der Waals surface area contributed by atoms with Crippen molar-refractivity contribution in [3.05, 3.63) is 35.9 Å². The fraction of sp³-hybridized carbons (Fsp3) is 0.647. The van der Waals surface area contributed by atoms with E-state index in [-0.39, 0.29) is 0 Å². The van der Waals surface area contributed by atoms with Crippen molar-refractivity contribution in [2.24, 2.45) is 0 Å². The van der Waals surface area contributed by atoms with Crippen molar-refractivity contribution in [1.82, 2.24) is 10.2 Å². The Morgan fingerprint density at radius 1 is 1.05 bits per heavy atom. The SMILES string of the molecule is CCOCCCCNCCN(CC)Cc1ccccc1. The highest BCUT2D eigenvalue weighted by atomic mass is 16.5. The Labute approximate surface area is 124 Å². The van der Waals surface area contributed by atoms with Gasteiger partial charge in [0.15, 0.2) is 0 Å². The molecule has 0 unspecified atom stereocenters. The first-order valence-electron chi connectivity index (χ1n) is 7.91. The Balaban J connectivity index is 2.04. The number of rotatable bonds is 12. The third-order valence-electron chi connectivity index (χ3n) is 3.40. The van der Waals surface area contributed by atoms with Gasteiger partial charge >= 0.3 is 0 Å². The van der Waals surface area contributed by atoms with E-state index in [9.17, 15) is 0 Å². The lowest BCUT2D eigenvalue weighted by Crippen LogP contribution is -2.32. The summed E-state index contributed by atoms with van der Waals surface area (Å²) in [4.78, 5) is 2.47. The summed E-state index contributed by atoms with van der Waals surface area (Å²) in [6.07, 6.45) is 2.35. The second kappa shape index (κ2) is 11.9. The zero-order chi connectivity index (χ0) is 14.5. The molecule has 114 valence electrons. The summed E-state index contributed by atoms with van der Waals surface area (Å²) in [7, 11) is 0. The van der Waals surface area contributed by atoms with Crippen LogP contribution in [0.3, 0.4) is 0 Å².